The first-order valence-corrected chi connectivity index (χ1v) is 11.4. The van der Waals surface area contributed by atoms with Crippen LogP contribution in [0.25, 0.3) is 33.2 Å². The third-order valence-electron chi connectivity index (χ3n) is 5.87. The molecule has 4 aromatic rings. The third-order valence-corrected chi connectivity index (χ3v) is 5.87. The molecule has 3 aromatic heterocycles. The van der Waals surface area contributed by atoms with Gasteiger partial charge in [0.1, 0.15) is 11.4 Å². The molecule has 0 radical (unpaired) electrons. The summed E-state index contributed by atoms with van der Waals surface area (Å²) in [6, 6.07) is 12.4. The molecule has 0 spiro atoms. The van der Waals surface area contributed by atoms with Gasteiger partial charge in [0.25, 0.3) is 0 Å². The lowest BCUT2D eigenvalue weighted by Gasteiger charge is -2.36. The normalized spacial score (nSPS) is 14.4. The van der Waals surface area contributed by atoms with E-state index in [0.717, 1.165) is 39.0 Å². The van der Waals surface area contributed by atoms with Crippen LogP contribution in [-0.4, -0.2) is 62.9 Å². The van der Waals surface area contributed by atoms with Gasteiger partial charge in [0.2, 0.25) is 0 Å². The van der Waals surface area contributed by atoms with Crippen LogP contribution < -0.4 is 4.90 Å². The summed E-state index contributed by atoms with van der Waals surface area (Å²) in [7, 11) is 0. The Hall–Kier alpha value is -3.94. The van der Waals surface area contributed by atoms with Gasteiger partial charge in [-0.25, -0.2) is 9.78 Å². The van der Waals surface area contributed by atoms with Crippen LogP contribution in [0.3, 0.4) is 0 Å². The number of amides is 1. The Balaban J connectivity index is 1.36. The quantitative estimate of drug-likeness (QED) is 0.479. The van der Waals surface area contributed by atoms with E-state index in [-0.39, 0.29) is 6.09 Å². The van der Waals surface area contributed by atoms with Gasteiger partial charge in [-0.1, -0.05) is 6.07 Å². The van der Waals surface area contributed by atoms with Gasteiger partial charge in [0.05, 0.1) is 11.7 Å². The topological polar surface area (TPSA) is 87.2 Å². The van der Waals surface area contributed by atoms with Crippen molar-refractivity contribution in [1.29, 1.82) is 0 Å². The molecule has 5 rings (SSSR count). The van der Waals surface area contributed by atoms with Crippen LogP contribution in [0.5, 0.6) is 0 Å². The van der Waals surface area contributed by atoms with E-state index in [1.807, 2.05) is 57.7 Å². The summed E-state index contributed by atoms with van der Waals surface area (Å²) in [6.45, 7) is 8.32. The molecule has 1 saturated heterocycles. The second-order valence-electron chi connectivity index (χ2n) is 9.44. The molecule has 1 aromatic carbocycles. The van der Waals surface area contributed by atoms with Crippen molar-refractivity contribution in [1.82, 2.24) is 25.1 Å². The van der Waals surface area contributed by atoms with Gasteiger partial charge in [-0.2, -0.15) is 5.10 Å². The Kier molecular flexibility index (Phi) is 5.65. The molecule has 0 saturated carbocycles. The van der Waals surface area contributed by atoms with E-state index in [1.54, 1.807) is 4.90 Å². The average molecular weight is 457 g/mol. The summed E-state index contributed by atoms with van der Waals surface area (Å²) < 4.78 is 5.50. The predicted octanol–water partition coefficient (Wildman–Crippen LogP) is 4.74. The number of H-pyrrole nitrogens is 1. The summed E-state index contributed by atoms with van der Waals surface area (Å²) >= 11 is 0. The fourth-order valence-electron chi connectivity index (χ4n) is 4.17. The standard InChI is InChI=1S/C26H28N6O2/c1-26(2,3)34-25(33)32-11-9-31(10-12-32)24-7-6-18(15-28-24)22-13-19(20-16-29-30-17-20)14-23-21(22)5-4-8-27-23/h4-8,13-17H,9-12H2,1-3H3,(H,29,30). The first kappa shape index (κ1) is 21.9. The molecule has 4 heterocycles. The van der Waals surface area contributed by atoms with Gasteiger partial charge in [-0.05, 0) is 62.2 Å². The first-order valence-electron chi connectivity index (χ1n) is 11.4. The minimum absolute atomic E-state index is 0.256. The van der Waals surface area contributed by atoms with Crippen LogP contribution >= 0.6 is 0 Å². The monoisotopic (exact) mass is 456 g/mol. The number of rotatable bonds is 3. The fourth-order valence-corrected chi connectivity index (χ4v) is 4.17. The van der Waals surface area contributed by atoms with Gasteiger partial charge in [0.15, 0.2) is 0 Å². The smallest absolute Gasteiger partial charge is 0.410 e. The average Bonchev–Trinajstić information content (AvgIpc) is 3.38. The van der Waals surface area contributed by atoms with Crippen LogP contribution in [0.15, 0.2) is 61.2 Å². The first-order chi connectivity index (χ1) is 16.4. The molecular formula is C26H28N6O2. The molecule has 0 atom stereocenters. The lowest BCUT2D eigenvalue weighted by Crippen LogP contribution is -2.50. The highest BCUT2D eigenvalue weighted by Gasteiger charge is 2.26. The molecular weight excluding hydrogens is 428 g/mol. The molecule has 1 fully saturated rings. The van der Waals surface area contributed by atoms with E-state index in [0.29, 0.717) is 26.2 Å². The Morgan fingerprint density at radius 1 is 0.971 bits per heavy atom. The molecule has 0 aliphatic carbocycles. The maximum absolute atomic E-state index is 12.3. The molecule has 0 bridgehead atoms. The fraction of sp³-hybridized carbons (Fsp3) is 0.308. The summed E-state index contributed by atoms with van der Waals surface area (Å²) in [5, 5.41) is 8.04. The van der Waals surface area contributed by atoms with E-state index in [4.69, 9.17) is 9.72 Å². The van der Waals surface area contributed by atoms with Gasteiger partial charge in [-0.15, -0.1) is 0 Å². The van der Waals surface area contributed by atoms with Gasteiger partial charge in [0, 0.05) is 61.3 Å². The number of carbonyl (C=O) groups is 1. The number of nitrogens with zero attached hydrogens (tertiary/aromatic N) is 5. The second kappa shape index (κ2) is 8.78. The van der Waals surface area contributed by atoms with E-state index in [2.05, 4.69) is 44.3 Å². The third kappa shape index (κ3) is 4.57. The summed E-state index contributed by atoms with van der Waals surface area (Å²) in [4.78, 5) is 25.6. The number of pyridine rings is 2. The zero-order valence-electron chi connectivity index (χ0n) is 19.7. The molecule has 1 N–H and O–H groups in total. The van der Waals surface area contributed by atoms with E-state index in [1.165, 1.54) is 0 Å². The number of anilines is 1. The molecule has 8 heteroatoms. The number of benzene rings is 1. The van der Waals surface area contributed by atoms with Crippen LogP contribution in [0.1, 0.15) is 20.8 Å². The molecule has 8 nitrogen and oxygen atoms in total. The summed E-state index contributed by atoms with van der Waals surface area (Å²) in [5.41, 5.74) is 4.62. The molecule has 0 unspecified atom stereocenters. The lowest BCUT2D eigenvalue weighted by molar-refractivity contribution is 0.0240. The molecule has 1 aliphatic rings. The van der Waals surface area contributed by atoms with Crippen molar-refractivity contribution < 1.29 is 9.53 Å². The Bertz CT molecular complexity index is 1290. The van der Waals surface area contributed by atoms with Crippen molar-refractivity contribution in [2.24, 2.45) is 0 Å². The maximum Gasteiger partial charge on any atom is 0.410 e. The SMILES string of the molecule is CC(C)(C)OC(=O)N1CCN(c2ccc(-c3cc(-c4cn[nH]c4)cc4ncccc34)cn2)CC1. The Morgan fingerprint density at radius 2 is 1.79 bits per heavy atom. The van der Waals surface area contributed by atoms with E-state index in [9.17, 15) is 4.79 Å². The molecule has 1 aliphatic heterocycles. The molecule has 174 valence electrons. The van der Waals surface area contributed by atoms with Gasteiger partial charge < -0.3 is 14.5 Å². The van der Waals surface area contributed by atoms with Crippen LogP contribution in [0, 0.1) is 0 Å². The maximum atomic E-state index is 12.3. The Labute approximate surface area is 198 Å². The lowest BCUT2D eigenvalue weighted by atomic mass is 9.97. The minimum Gasteiger partial charge on any atom is -0.444 e. The zero-order chi connectivity index (χ0) is 23.7. The number of ether oxygens (including phenoxy) is 1. The number of nitrogens with one attached hydrogen (secondary N) is 1. The molecule has 34 heavy (non-hydrogen) atoms. The van der Waals surface area contributed by atoms with E-state index >= 15 is 0 Å². The van der Waals surface area contributed by atoms with Crippen molar-refractivity contribution in [3.05, 3.63) is 61.2 Å². The minimum atomic E-state index is -0.486. The predicted molar refractivity (Wildman–Crippen MR) is 133 cm³/mol. The number of fused-ring (bicyclic) bond motifs is 1. The number of hydrogen-bond donors (Lipinski definition) is 1. The number of aromatic nitrogens is 4. The van der Waals surface area contributed by atoms with Gasteiger partial charge >= 0.3 is 6.09 Å². The zero-order valence-corrected chi connectivity index (χ0v) is 19.7. The number of hydrogen-bond acceptors (Lipinski definition) is 6. The van der Waals surface area contributed by atoms with E-state index < -0.39 is 5.60 Å². The molecule has 1 amide bonds. The van der Waals surface area contributed by atoms with Crippen LogP contribution in [0.2, 0.25) is 0 Å². The van der Waals surface area contributed by atoms with Crippen molar-refractivity contribution >= 4 is 22.8 Å². The number of carbonyl (C=O) groups excluding carboxylic acids is 1. The van der Waals surface area contributed by atoms with Crippen molar-refractivity contribution in [2.75, 3.05) is 31.1 Å². The van der Waals surface area contributed by atoms with Crippen molar-refractivity contribution in [2.45, 2.75) is 26.4 Å². The van der Waals surface area contributed by atoms with Crippen molar-refractivity contribution in [3.8, 4) is 22.3 Å². The highest BCUT2D eigenvalue weighted by Crippen LogP contribution is 2.33. The van der Waals surface area contributed by atoms with Crippen molar-refractivity contribution in [3.63, 3.8) is 0 Å². The van der Waals surface area contributed by atoms with Gasteiger partial charge in [-0.3, -0.25) is 10.1 Å². The number of aromatic amines is 1. The highest BCUT2D eigenvalue weighted by atomic mass is 16.6. The largest absolute Gasteiger partial charge is 0.444 e. The second-order valence-corrected chi connectivity index (χ2v) is 9.44. The van der Waals surface area contributed by atoms with Crippen LogP contribution in [-0.2, 0) is 4.74 Å². The summed E-state index contributed by atoms with van der Waals surface area (Å²) in [5.74, 6) is 0.904. The highest BCUT2D eigenvalue weighted by molar-refractivity contribution is 5.98. The Morgan fingerprint density at radius 3 is 2.47 bits per heavy atom. The van der Waals surface area contributed by atoms with Crippen LogP contribution in [0.4, 0.5) is 10.6 Å². The number of piperazine rings is 1. The summed E-state index contributed by atoms with van der Waals surface area (Å²) in [6.07, 6.45) is 7.16.